The van der Waals surface area contributed by atoms with E-state index < -0.39 is 0 Å². The molecule has 0 saturated heterocycles. The van der Waals surface area contributed by atoms with Crippen LogP contribution < -0.4 is 11.3 Å². The second-order valence-electron chi connectivity index (χ2n) is 3.05. The number of rotatable bonds is 4. The minimum atomic E-state index is 0.189. The second-order valence-corrected chi connectivity index (χ2v) is 4.91. The molecule has 0 spiro atoms. The van der Waals surface area contributed by atoms with Crippen molar-refractivity contribution in [2.24, 2.45) is 5.84 Å². The molecule has 0 saturated carbocycles. The third kappa shape index (κ3) is 3.23. The van der Waals surface area contributed by atoms with Crippen molar-refractivity contribution in [3.63, 3.8) is 0 Å². The standard InChI is InChI=1S/C9H13BrN2S/c1-6(2)3-8(12-11)9-4-7(10)5-13-9/h4-5,8,12H,1,3,11H2,2H3. The summed E-state index contributed by atoms with van der Waals surface area (Å²) in [5, 5.41) is 2.05. The van der Waals surface area contributed by atoms with Gasteiger partial charge in [0.05, 0.1) is 6.04 Å². The van der Waals surface area contributed by atoms with Crippen molar-refractivity contribution in [1.29, 1.82) is 0 Å². The average molecular weight is 261 g/mol. The van der Waals surface area contributed by atoms with Crippen molar-refractivity contribution in [1.82, 2.24) is 5.43 Å². The molecule has 3 N–H and O–H groups in total. The fourth-order valence-corrected chi connectivity index (χ4v) is 2.61. The molecular weight excluding hydrogens is 248 g/mol. The van der Waals surface area contributed by atoms with Gasteiger partial charge in [0.25, 0.3) is 0 Å². The van der Waals surface area contributed by atoms with Gasteiger partial charge >= 0.3 is 0 Å². The Bertz CT molecular complexity index is 296. The fraction of sp³-hybridized carbons (Fsp3) is 0.333. The molecule has 1 rings (SSSR count). The van der Waals surface area contributed by atoms with Crippen LogP contribution in [0.4, 0.5) is 0 Å². The first-order valence-corrected chi connectivity index (χ1v) is 5.65. The maximum atomic E-state index is 5.46. The Morgan fingerprint density at radius 1 is 1.85 bits per heavy atom. The Labute approximate surface area is 90.9 Å². The van der Waals surface area contributed by atoms with Gasteiger partial charge in [-0.05, 0) is 35.3 Å². The van der Waals surface area contributed by atoms with Gasteiger partial charge in [-0.25, -0.2) is 0 Å². The van der Waals surface area contributed by atoms with Crippen molar-refractivity contribution < 1.29 is 0 Å². The van der Waals surface area contributed by atoms with Gasteiger partial charge in [-0.15, -0.1) is 17.9 Å². The van der Waals surface area contributed by atoms with Gasteiger partial charge in [-0.3, -0.25) is 11.3 Å². The molecule has 1 unspecified atom stereocenters. The average Bonchev–Trinajstić information content (AvgIpc) is 2.47. The highest BCUT2D eigenvalue weighted by Gasteiger charge is 2.11. The molecule has 0 aromatic carbocycles. The van der Waals surface area contributed by atoms with Gasteiger partial charge in [0, 0.05) is 14.7 Å². The van der Waals surface area contributed by atoms with Gasteiger partial charge in [0.2, 0.25) is 0 Å². The molecule has 0 amide bonds. The summed E-state index contributed by atoms with van der Waals surface area (Å²) >= 11 is 5.11. The number of nitrogens with one attached hydrogen (secondary N) is 1. The molecule has 0 bridgehead atoms. The molecule has 2 nitrogen and oxygen atoms in total. The Morgan fingerprint density at radius 3 is 2.92 bits per heavy atom. The molecule has 1 aromatic rings. The molecule has 0 radical (unpaired) electrons. The van der Waals surface area contributed by atoms with Crippen molar-refractivity contribution in [2.75, 3.05) is 0 Å². The van der Waals surface area contributed by atoms with Gasteiger partial charge in [-0.1, -0.05) is 5.57 Å². The predicted octanol–water partition coefficient (Wildman–Crippen LogP) is 2.98. The van der Waals surface area contributed by atoms with Crippen molar-refractivity contribution in [3.8, 4) is 0 Å². The minimum Gasteiger partial charge on any atom is -0.271 e. The van der Waals surface area contributed by atoms with E-state index in [2.05, 4.69) is 39.4 Å². The Kier molecular flexibility index (Phi) is 4.12. The minimum absolute atomic E-state index is 0.189. The van der Waals surface area contributed by atoms with E-state index >= 15 is 0 Å². The topological polar surface area (TPSA) is 38.0 Å². The molecular formula is C9H13BrN2S. The largest absolute Gasteiger partial charge is 0.271 e. The van der Waals surface area contributed by atoms with Crippen LogP contribution in [0, 0.1) is 0 Å². The van der Waals surface area contributed by atoms with Gasteiger partial charge in [0.1, 0.15) is 0 Å². The van der Waals surface area contributed by atoms with Crippen LogP contribution in [-0.2, 0) is 0 Å². The summed E-state index contributed by atoms with van der Waals surface area (Å²) in [7, 11) is 0. The zero-order valence-electron chi connectivity index (χ0n) is 7.51. The zero-order chi connectivity index (χ0) is 9.84. The first kappa shape index (κ1) is 10.9. The lowest BCUT2D eigenvalue weighted by Gasteiger charge is -2.13. The van der Waals surface area contributed by atoms with Crippen LogP contribution in [0.25, 0.3) is 0 Å². The summed E-state index contributed by atoms with van der Waals surface area (Å²) in [5.74, 6) is 5.46. The molecule has 0 aliphatic rings. The summed E-state index contributed by atoms with van der Waals surface area (Å²) in [5.41, 5.74) is 3.92. The number of nitrogens with two attached hydrogens (primary N) is 1. The first-order valence-electron chi connectivity index (χ1n) is 3.98. The summed E-state index contributed by atoms with van der Waals surface area (Å²) < 4.78 is 1.11. The third-order valence-electron chi connectivity index (χ3n) is 1.68. The Morgan fingerprint density at radius 2 is 2.54 bits per heavy atom. The lowest BCUT2D eigenvalue weighted by atomic mass is 10.1. The summed E-state index contributed by atoms with van der Waals surface area (Å²) in [6.45, 7) is 5.88. The number of hydrogen-bond acceptors (Lipinski definition) is 3. The van der Waals surface area contributed by atoms with Gasteiger partial charge < -0.3 is 0 Å². The highest BCUT2D eigenvalue weighted by Crippen LogP contribution is 2.28. The number of hydrazine groups is 1. The van der Waals surface area contributed by atoms with Crippen LogP contribution in [-0.4, -0.2) is 0 Å². The quantitative estimate of drug-likeness (QED) is 0.496. The molecule has 1 heterocycles. The highest BCUT2D eigenvalue weighted by molar-refractivity contribution is 9.10. The molecule has 0 aliphatic carbocycles. The van der Waals surface area contributed by atoms with Crippen LogP contribution in [0.3, 0.4) is 0 Å². The molecule has 1 aromatic heterocycles. The Balaban J connectivity index is 2.72. The lowest BCUT2D eigenvalue weighted by molar-refractivity contribution is 0.559. The van der Waals surface area contributed by atoms with Crippen molar-refractivity contribution >= 4 is 27.3 Å². The van der Waals surface area contributed by atoms with E-state index in [-0.39, 0.29) is 6.04 Å². The fourth-order valence-electron chi connectivity index (χ4n) is 1.10. The van der Waals surface area contributed by atoms with E-state index in [0.29, 0.717) is 0 Å². The summed E-state index contributed by atoms with van der Waals surface area (Å²) in [6, 6.07) is 2.27. The maximum absolute atomic E-state index is 5.46. The number of hydrogen-bond donors (Lipinski definition) is 2. The third-order valence-corrected chi connectivity index (χ3v) is 3.49. The van der Waals surface area contributed by atoms with Crippen LogP contribution in [0.15, 0.2) is 28.1 Å². The van der Waals surface area contributed by atoms with Crippen molar-refractivity contribution in [3.05, 3.63) is 32.9 Å². The second kappa shape index (κ2) is 4.91. The summed E-state index contributed by atoms with van der Waals surface area (Å²) in [6.07, 6.45) is 0.878. The summed E-state index contributed by atoms with van der Waals surface area (Å²) in [4.78, 5) is 1.23. The van der Waals surface area contributed by atoms with E-state index in [1.807, 2.05) is 6.92 Å². The van der Waals surface area contributed by atoms with Crippen molar-refractivity contribution in [2.45, 2.75) is 19.4 Å². The van der Waals surface area contributed by atoms with E-state index in [9.17, 15) is 0 Å². The molecule has 13 heavy (non-hydrogen) atoms. The molecule has 72 valence electrons. The number of thiophene rings is 1. The molecule has 4 heteroatoms. The lowest BCUT2D eigenvalue weighted by Crippen LogP contribution is -2.27. The Hall–Kier alpha value is -0.160. The predicted molar refractivity (Wildman–Crippen MR) is 61.5 cm³/mol. The van der Waals surface area contributed by atoms with E-state index in [4.69, 9.17) is 5.84 Å². The maximum Gasteiger partial charge on any atom is 0.0590 e. The van der Waals surface area contributed by atoms with E-state index in [1.165, 1.54) is 4.88 Å². The smallest absolute Gasteiger partial charge is 0.0590 e. The first-order chi connectivity index (χ1) is 6.13. The normalized spacial score (nSPS) is 12.8. The SMILES string of the molecule is C=C(C)CC(NN)c1cc(Br)cs1. The molecule has 0 aliphatic heterocycles. The van der Waals surface area contributed by atoms with Crippen LogP contribution in [0.2, 0.25) is 0 Å². The van der Waals surface area contributed by atoms with Gasteiger partial charge in [0.15, 0.2) is 0 Å². The van der Waals surface area contributed by atoms with E-state index in [1.54, 1.807) is 11.3 Å². The van der Waals surface area contributed by atoms with Crippen LogP contribution in [0.5, 0.6) is 0 Å². The zero-order valence-corrected chi connectivity index (χ0v) is 9.91. The van der Waals surface area contributed by atoms with Crippen LogP contribution in [0.1, 0.15) is 24.3 Å². The van der Waals surface area contributed by atoms with Gasteiger partial charge in [-0.2, -0.15) is 0 Å². The van der Waals surface area contributed by atoms with E-state index in [0.717, 1.165) is 16.5 Å². The number of halogens is 1. The molecule has 0 fully saturated rings. The molecule has 1 atom stereocenters. The highest BCUT2D eigenvalue weighted by atomic mass is 79.9. The monoisotopic (exact) mass is 260 g/mol. The van der Waals surface area contributed by atoms with Crippen LogP contribution >= 0.6 is 27.3 Å².